The van der Waals surface area contributed by atoms with Gasteiger partial charge >= 0.3 is 0 Å². The number of rotatable bonds is 4. The maximum Gasteiger partial charge on any atom is 0.263 e. The molecule has 1 amide bonds. The van der Waals surface area contributed by atoms with Gasteiger partial charge in [0.15, 0.2) is 0 Å². The number of hydrogen-bond donors (Lipinski definition) is 1. The van der Waals surface area contributed by atoms with E-state index in [1.165, 1.54) is 11.3 Å². The normalized spacial score (nSPS) is 11.4. The summed E-state index contributed by atoms with van der Waals surface area (Å²) in [6.45, 7) is 5.83. The van der Waals surface area contributed by atoms with Crippen molar-refractivity contribution in [3.63, 3.8) is 0 Å². The maximum atomic E-state index is 12.8. The third-order valence-electron chi connectivity index (χ3n) is 3.88. The van der Waals surface area contributed by atoms with E-state index in [-0.39, 0.29) is 5.91 Å². The van der Waals surface area contributed by atoms with E-state index in [2.05, 4.69) is 31.2 Å². The molecule has 0 bridgehead atoms. The van der Waals surface area contributed by atoms with Crippen LogP contribution in [0.2, 0.25) is 0 Å². The number of aromatic nitrogens is 2. The van der Waals surface area contributed by atoms with Gasteiger partial charge in [-0.15, -0.1) is 11.3 Å². The predicted molar refractivity (Wildman–Crippen MR) is 105 cm³/mol. The standard InChI is InChI=1S/C19H18BrN3OS/c1-12-16(25-18(22-12)15-6-4-5-11-21-15)17(24)23-19(2,3)13-7-9-14(20)10-8-13/h4-11H,1-3H3,(H,23,24). The van der Waals surface area contributed by atoms with E-state index in [0.29, 0.717) is 4.88 Å². The van der Waals surface area contributed by atoms with Crippen LogP contribution in [0.3, 0.4) is 0 Å². The Bertz CT molecular complexity index is 889. The van der Waals surface area contributed by atoms with E-state index >= 15 is 0 Å². The first-order valence-corrected chi connectivity index (χ1v) is 9.45. The van der Waals surface area contributed by atoms with E-state index in [1.54, 1.807) is 6.20 Å². The number of benzene rings is 1. The van der Waals surface area contributed by atoms with Crippen LogP contribution in [0.4, 0.5) is 0 Å². The molecule has 0 aliphatic carbocycles. The molecular weight excluding hydrogens is 398 g/mol. The number of nitrogens with zero attached hydrogens (tertiary/aromatic N) is 2. The number of amides is 1. The highest BCUT2D eigenvalue weighted by Crippen LogP contribution is 2.28. The zero-order valence-electron chi connectivity index (χ0n) is 14.2. The lowest BCUT2D eigenvalue weighted by atomic mass is 9.94. The van der Waals surface area contributed by atoms with Crippen molar-refractivity contribution in [2.24, 2.45) is 0 Å². The molecule has 0 spiro atoms. The summed E-state index contributed by atoms with van der Waals surface area (Å²) in [5, 5.41) is 3.86. The summed E-state index contributed by atoms with van der Waals surface area (Å²) in [6.07, 6.45) is 1.72. The molecule has 25 heavy (non-hydrogen) atoms. The molecule has 128 valence electrons. The molecule has 0 saturated heterocycles. The van der Waals surface area contributed by atoms with Crippen LogP contribution in [0.5, 0.6) is 0 Å². The van der Waals surface area contributed by atoms with Crippen molar-refractivity contribution in [1.29, 1.82) is 0 Å². The zero-order chi connectivity index (χ0) is 18.0. The van der Waals surface area contributed by atoms with Gasteiger partial charge in [0.05, 0.1) is 16.9 Å². The molecule has 0 saturated carbocycles. The van der Waals surface area contributed by atoms with Crippen molar-refractivity contribution in [3.05, 3.63) is 69.3 Å². The van der Waals surface area contributed by atoms with Crippen LogP contribution in [0.25, 0.3) is 10.7 Å². The molecule has 0 aliphatic rings. The van der Waals surface area contributed by atoms with Crippen LogP contribution >= 0.6 is 27.3 Å². The van der Waals surface area contributed by atoms with Gasteiger partial charge in [0.2, 0.25) is 0 Å². The molecule has 2 heterocycles. The van der Waals surface area contributed by atoms with Crippen molar-refractivity contribution in [2.75, 3.05) is 0 Å². The summed E-state index contributed by atoms with van der Waals surface area (Å²) in [6, 6.07) is 13.6. The average Bonchev–Trinajstić information content (AvgIpc) is 2.98. The Labute approximate surface area is 159 Å². The first-order chi connectivity index (χ1) is 11.9. The number of hydrogen-bond acceptors (Lipinski definition) is 4. The van der Waals surface area contributed by atoms with Crippen LogP contribution in [0.15, 0.2) is 53.1 Å². The Morgan fingerprint density at radius 3 is 2.52 bits per heavy atom. The summed E-state index contributed by atoms with van der Waals surface area (Å²) < 4.78 is 1.01. The van der Waals surface area contributed by atoms with E-state index in [0.717, 1.165) is 26.4 Å². The van der Waals surface area contributed by atoms with Gasteiger partial charge in [-0.25, -0.2) is 4.98 Å². The van der Waals surface area contributed by atoms with E-state index in [4.69, 9.17) is 0 Å². The average molecular weight is 416 g/mol. The third-order valence-corrected chi connectivity index (χ3v) is 5.59. The molecule has 1 N–H and O–H groups in total. The lowest BCUT2D eigenvalue weighted by Crippen LogP contribution is -2.40. The number of aryl methyl sites for hydroxylation is 1. The van der Waals surface area contributed by atoms with E-state index < -0.39 is 5.54 Å². The molecule has 4 nitrogen and oxygen atoms in total. The van der Waals surface area contributed by atoms with Crippen molar-refractivity contribution >= 4 is 33.2 Å². The number of halogens is 1. The summed E-state index contributed by atoms with van der Waals surface area (Å²) in [4.78, 5) is 22.2. The SMILES string of the molecule is Cc1nc(-c2ccccn2)sc1C(=O)NC(C)(C)c1ccc(Br)cc1. The molecular formula is C19H18BrN3OS. The largest absolute Gasteiger partial charge is 0.342 e. The molecule has 0 atom stereocenters. The minimum Gasteiger partial charge on any atom is -0.342 e. The van der Waals surface area contributed by atoms with Crippen LogP contribution in [0, 0.1) is 6.92 Å². The number of thiazole rings is 1. The van der Waals surface area contributed by atoms with Gasteiger partial charge in [-0.3, -0.25) is 9.78 Å². The summed E-state index contributed by atoms with van der Waals surface area (Å²) in [5.41, 5.74) is 2.05. The van der Waals surface area contributed by atoms with Crippen LogP contribution < -0.4 is 5.32 Å². The Hall–Kier alpha value is -2.05. The quantitative estimate of drug-likeness (QED) is 0.656. The highest BCUT2D eigenvalue weighted by molar-refractivity contribution is 9.10. The fourth-order valence-corrected chi connectivity index (χ4v) is 3.69. The minimum atomic E-state index is -0.487. The Morgan fingerprint density at radius 2 is 1.88 bits per heavy atom. The van der Waals surface area contributed by atoms with Crippen LogP contribution in [-0.4, -0.2) is 15.9 Å². The maximum absolute atomic E-state index is 12.8. The minimum absolute atomic E-state index is 0.120. The summed E-state index contributed by atoms with van der Waals surface area (Å²) in [7, 11) is 0. The lowest BCUT2D eigenvalue weighted by Gasteiger charge is -2.26. The van der Waals surface area contributed by atoms with E-state index in [1.807, 2.05) is 63.2 Å². The molecule has 1 aromatic carbocycles. The Morgan fingerprint density at radius 1 is 1.16 bits per heavy atom. The van der Waals surface area contributed by atoms with Crippen LogP contribution in [-0.2, 0) is 5.54 Å². The summed E-state index contributed by atoms with van der Waals surface area (Å²) >= 11 is 4.80. The molecule has 0 fully saturated rings. The van der Waals surface area contributed by atoms with Crippen molar-refractivity contribution < 1.29 is 4.79 Å². The highest BCUT2D eigenvalue weighted by Gasteiger charge is 2.26. The van der Waals surface area contributed by atoms with Gasteiger partial charge in [0, 0.05) is 10.7 Å². The van der Waals surface area contributed by atoms with E-state index in [9.17, 15) is 4.79 Å². The second kappa shape index (κ2) is 7.06. The molecule has 0 radical (unpaired) electrons. The van der Waals surface area contributed by atoms with Crippen LogP contribution in [0.1, 0.15) is 34.8 Å². The van der Waals surface area contributed by atoms with Gasteiger partial charge in [-0.05, 0) is 50.6 Å². The first kappa shape index (κ1) is 17.8. The van der Waals surface area contributed by atoms with Gasteiger partial charge in [-0.2, -0.15) is 0 Å². The molecule has 6 heteroatoms. The Kier molecular flexibility index (Phi) is 5.01. The van der Waals surface area contributed by atoms with Gasteiger partial charge in [0.1, 0.15) is 9.88 Å². The number of nitrogens with one attached hydrogen (secondary N) is 1. The lowest BCUT2D eigenvalue weighted by molar-refractivity contribution is 0.0915. The first-order valence-electron chi connectivity index (χ1n) is 7.84. The van der Waals surface area contributed by atoms with Gasteiger partial charge in [-0.1, -0.05) is 34.1 Å². The predicted octanol–water partition coefficient (Wildman–Crippen LogP) is 4.94. The monoisotopic (exact) mass is 415 g/mol. The molecule has 3 aromatic rings. The molecule has 2 aromatic heterocycles. The molecule has 3 rings (SSSR count). The van der Waals surface area contributed by atoms with Crippen molar-refractivity contribution in [3.8, 4) is 10.7 Å². The fraction of sp³-hybridized carbons (Fsp3) is 0.211. The molecule has 0 unspecified atom stereocenters. The number of carbonyl (C=O) groups excluding carboxylic acids is 1. The molecule has 0 aliphatic heterocycles. The number of pyridine rings is 1. The van der Waals surface area contributed by atoms with Crippen molar-refractivity contribution in [1.82, 2.24) is 15.3 Å². The topological polar surface area (TPSA) is 54.9 Å². The third kappa shape index (κ3) is 3.96. The number of carbonyl (C=O) groups is 1. The fourth-order valence-electron chi connectivity index (χ4n) is 2.49. The Balaban J connectivity index is 1.84. The van der Waals surface area contributed by atoms with Gasteiger partial charge in [0.25, 0.3) is 5.91 Å². The second-order valence-electron chi connectivity index (χ2n) is 6.23. The highest BCUT2D eigenvalue weighted by atomic mass is 79.9. The smallest absolute Gasteiger partial charge is 0.263 e. The van der Waals surface area contributed by atoms with Crippen molar-refractivity contribution in [2.45, 2.75) is 26.3 Å². The second-order valence-corrected chi connectivity index (χ2v) is 8.15. The summed E-state index contributed by atoms with van der Waals surface area (Å²) in [5.74, 6) is -0.120. The zero-order valence-corrected chi connectivity index (χ0v) is 16.6. The van der Waals surface area contributed by atoms with Gasteiger partial charge < -0.3 is 5.32 Å².